The first-order chi connectivity index (χ1) is 9.13. The zero-order valence-electron chi connectivity index (χ0n) is 11.5. The molecule has 0 spiro atoms. The van der Waals surface area contributed by atoms with Crippen molar-refractivity contribution in [3.8, 4) is 0 Å². The van der Waals surface area contributed by atoms with Crippen LogP contribution in [0, 0.1) is 6.92 Å². The number of nitrogens with two attached hydrogens (primary N) is 1. The molecule has 1 saturated carbocycles. The van der Waals surface area contributed by atoms with E-state index in [0.717, 1.165) is 5.69 Å². The summed E-state index contributed by atoms with van der Waals surface area (Å²) in [4.78, 5) is 6.07. The van der Waals surface area contributed by atoms with E-state index in [1.54, 1.807) is 0 Å². The van der Waals surface area contributed by atoms with Gasteiger partial charge < -0.3 is 5.73 Å². The minimum Gasteiger partial charge on any atom is -0.323 e. The van der Waals surface area contributed by atoms with Gasteiger partial charge in [0.15, 0.2) is 0 Å². The molecule has 1 aromatic carbocycles. The van der Waals surface area contributed by atoms with Gasteiger partial charge in [-0.25, -0.2) is 4.98 Å². The molecule has 3 rings (SSSR count). The maximum atomic E-state index is 6.04. The molecule has 3 heteroatoms. The van der Waals surface area contributed by atoms with E-state index < -0.39 is 0 Å². The van der Waals surface area contributed by atoms with Gasteiger partial charge in [-0.05, 0) is 32.3 Å². The summed E-state index contributed by atoms with van der Waals surface area (Å²) >= 11 is 1.81. The van der Waals surface area contributed by atoms with Crippen molar-refractivity contribution in [1.82, 2.24) is 4.98 Å². The second-order valence-electron chi connectivity index (χ2n) is 5.56. The second kappa shape index (κ2) is 4.73. The monoisotopic (exact) mass is 272 g/mol. The van der Waals surface area contributed by atoms with Crippen LogP contribution < -0.4 is 5.73 Å². The summed E-state index contributed by atoms with van der Waals surface area (Å²) in [6.45, 7) is 4.12. The molecule has 0 radical (unpaired) electrons. The average molecular weight is 272 g/mol. The average Bonchev–Trinajstić information content (AvgIpc) is 2.72. The third kappa shape index (κ3) is 2.01. The highest BCUT2D eigenvalue weighted by Crippen LogP contribution is 2.50. The summed E-state index contributed by atoms with van der Waals surface area (Å²) < 4.78 is 0. The predicted octanol–water partition coefficient (Wildman–Crippen LogP) is 3.94. The Morgan fingerprint density at radius 1 is 1.26 bits per heavy atom. The van der Waals surface area contributed by atoms with Gasteiger partial charge in [-0.1, -0.05) is 36.8 Å². The van der Waals surface area contributed by atoms with Crippen molar-refractivity contribution >= 4 is 11.3 Å². The maximum Gasteiger partial charge on any atom is 0.104 e. The molecule has 2 nitrogen and oxygen atoms in total. The van der Waals surface area contributed by atoms with Gasteiger partial charge in [-0.3, -0.25) is 0 Å². The van der Waals surface area contributed by atoms with Crippen molar-refractivity contribution in [2.75, 3.05) is 0 Å². The smallest absolute Gasteiger partial charge is 0.104 e. The van der Waals surface area contributed by atoms with Crippen LogP contribution in [-0.4, -0.2) is 4.98 Å². The van der Waals surface area contributed by atoms with E-state index in [1.165, 1.54) is 34.7 Å². The van der Waals surface area contributed by atoms with Crippen molar-refractivity contribution in [1.29, 1.82) is 0 Å². The van der Waals surface area contributed by atoms with Crippen LogP contribution in [0.25, 0.3) is 0 Å². The van der Waals surface area contributed by atoms with E-state index in [2.05, 4.69) is 37.3 Å². The van der Waals surface area contributed by atoms with Gasteiger partial charge in [-0.15, -0.1) is 11.3 Å². The fraction of sp³-hybridized carbons (Fsp3) is 0.438. The zero-order valence-corrected chi connectivity index (χ0v) is 12.3. The first kappa shape index (κ1) is 12.8. The normalized spacial score (nSPS) is 18.9. The van der Waals surface area contributed by atoms with Crippen molar-refractivity contribution in [2.24, 2.45) is 5.73 Å². The summed E-state index contributed by atoms with van der Waals surface area (Å²) in [5.74, 6) is 0. The first-order valence-electron chi connectivity index (χ1n) is 6.92. The lowest BCUT2D eigenvalue weighted by atomic mass is 9.65. The minimum atomic E-state index is 0.0825. The quantitative estimate of drug-likeness (QED) is 0.919. The van der Waals surface area contributed by atoms with Crippen LogP contribution in [0.4, 0.5) is 0 Å². The van der Waals surface area contributed by atoms with Crippen LogP contribution in [0.2, 0.25) is 0 Å². The number of aryl methyl sites for hydroxylation is 1. The zero-order chi connectivity index (χ0) is 13.5. The molecular formula is C16H20N2S. The highest BCUT2D eigenvalue weighted by Gasteiger charge is 2.43. The lowest BCUT2D eigenvalue weighted by Gasteiger charge is -2.40. The van der Waals surface area contributed by atoms with Gasteiger partial charge in [0, 0.05) is 16.3 Å². The molecule has 1 aliphatic rings. The number of aromatic nitrogens is 1. The third-order valence-electron chi connectivity index (χ3n) is 4.19. The molecule has 0 amide bonds. The Labute approximate surface area is 118 Å². The van der Waals surface area contributed by atoms with Crippen molar-refractivity contribution in [2.45, 2.75) is 44.6 Å². The molecule has 1 fully saturated rings. The van der Waals surface area contributed by atoms with Gasteiger partial charge in [-0.2, -0.15) is 0 Å². The number of nitrogens with zero attached hydrogens (tertiary/aromatic N) is 1. The van der Waals surface area contributed by atoms with Crippen LogP contribution in [0.5, 0.6) is 0 Å². The van der Waals surface area contributed by atoms with Gasteiger partial charge in [0.25, 0.3) is 0 Å². The largest absolute Gasteiger partial charge is 0.323 e. The van der Waals surface area contributed by atoms with E-state index in [1.807, 2.05) is 18.3 Å². The molecule has 1 aromatic heterocycles. The molecule has 2 N–H and O–H groups in total. The van der Waals surface area contributed by atoms with Crippen LogP contribution >= 0.6 is 11.3 Å². The lowest BCUT2D eigenvalue weighted by Crippen LogP contribution is -2.35. The van der Waals surface area contributed by atoms with Crippen LogP contribution in [0.15, 0.2) is 30.3 Å². The Kier molecular flexibility index (Phi) is 3.19. The van der Waals surface area contributed by atoms with Gasteiger partial charge in [0.2, 0.25) is 0 Å². The first-order valence-corrected chi connectivity index (χ1v) is 7.74. The molecule has 0 aliphatic heterocycles. The fourth-order valence-electron chi connectivity index (χ4n) is 2.95. The SMILES string of the molecule is Cc1nc(C2(c3ccccc3)CCC2)sc1C(C)N. The molecule has 0 bridgehead atoms. The van der Waals surface area contributed by atoms with E-state index in [9.17, 15) is 0 Å². The Balaban J connectivity index is 2.06. The van der Waals surface area contributed by atoms with Crippen molar-refractivity contribution in [3.63, 3.8) is 0 Å². The van der Waals surface area contributed by atoms with E-state index in [4.69, 9.17) is 10.7 Å². The van der Waals surface area contributed by atoms with Crippen molar-refractivity contribution in [3.05, 3.63) is 51.5 Å². The number of thiazole rings is 1. The maximum absolute atomic E-state index is 6.04. The van der Waals surface area contributed by atoms with Crippen LogP contribution in [0.1, 0.15) is 53.4 Å². The topological polar surface area (TPSA) is 38.9 Å². The molecule has 2 aromatic rings. The van der Waals surface area contributed by atoms with Crippen LogP contribution in [-0.2, 0) is 5.41 Å². The van der Waals surface area contributed by atoms with Crippen LogP contribution in [0.3, 0.4) is 0 Å². The number of hydrogen-bond acceptors (Lipinski definition) is 3. The summed E-state index contributed by atoms with van der Waals surface area (Å²) in [5, 5.41) is 1.26. The van der Waals surface area contributed by atoms with E-state index in [0.29, 0.717) is 0 Å². The molecule has 0 saturated heterocycles. The molecule has 100 valence electrons. The Hall–Kier alpha value is -1.19. The molecule has 1 atom stereocenters. The highest BCUT2D eigenvalue weighted by molar-refractivity contribution is 7.12. The summed E-state index contributed by atoms with van der Waals surface area (Å²) in [5.41, 5.74) is 8.71. The fourth-order valence-corrected chi connectivity index (χ4v) is 4.24. The molecule has 1 unspecified atom stereocenters. The summed E-state index contributed by atoms with van der Waals surface area (Å²) in [7, 11) is 0. The lowest BCUT2D eigenvalue weighted by molar-refractivity contribution is 0.300. The molecule has 1 heterocycles. The van der Waals surface area contributed by atoms with Gasteiger partial charge in [0.1, 0.15) is 5.01 Å². The van der Waals surface area contributed by atoms with E-state index >= 15 is 0 Å². The molecule has 19 heavy (non-hydrogen) atoms. The Morgan fingerprint density at radius 3 is 2.42 bits per heavy atom. The Morgan fingerprint density at radius 2 is 1.95 bits per heavy atom. The molecular weight excluding hydrogens is 252 g/mol. The summed E-state index contributed by atoms with van der Waals surface area (Å²) in [6.07, 6.45) is 3.71. The standard InChI is InChI=1S/C16H20N2S/c1-11(17)14-12(2)18-15(19-14)16(9-6-10-16)13-7-4-3-5-8-13/h3-5,7-8,11H,6,9-10,17H2,1-2H3. The van der Waals surface area contributed by atoms with Crippen molar-refractivity contribution < 1.29 is 0 Å². The number of benzene rings is 1. The third-order valence-corrected chi connectivity index (χ3v) is 5.75. The van der Waals surface area contributed by atoms with Gasteiger partial charge in [0.05, 0.1) is 5.69 Å². The predicted molar refractivity (Wildman–Crippen MR) is 80.5 cm³/mol. The highest BCUT2D eigenvalue weighted by atomic mass is 32.1. The minimum absolute atomic E-state index is 0.0825. The Bertz CT molecular complexity index is 568. The van der Waals surface area contributed by atoms with E-state index in [-0.39, 0.29) is 11.5 Å². The second-order valence-corrected chi connectivity index (χ2v) is 6.59. The summed E-state index contributed by atoms with van der Waals surface area (Å²) in [6, 6.07) is 10.9. The number of hydrogen-bond donors (Lipinski definition) is 1. The number of rotatable bonds is 3. The molecule has 1 aliphatic carbocycles. The van der Waals surface area contributed by atoms with Gasteiger partial charge >= 0.3 is 0 Å².